The van der Waals surface area contributed by atoms with Gasteiger partial charge in [0.15, 0.2) is 0 Å². The second kappa shape index (κ2) is 8.13. The number of ether oxygens (including phenoxy) is 2. The van der Waals surface area contributed by atoms with Crippen molar-refractivity contribution in [2.75, 3.05) is 45.3 Å². The number of piperazine rings is 1. The van der Waals surface area contributed by atoms with Crippen LogP contribution in [0.1, 0.15) is 11.1 Å². The Kier molecular flexibility index (Phi) is 5.66. The molecule has 3 rings (SSSR count). The molecule has 0 aliphatic carbocycles. The molecule has 1 aliphatic rings. The Morgan fingerprint density at radius 1 is 1.00 bits per heavy atom. The summed E-state index contributed by atoms with van der Waals surface area (Å²) in [6.45, 7) is 5.30. The molecule has 0 spiro atoms. The van der Waals surface area contributed by atoms with Gasteiger partial charge in [0.2, 0.25) is 5.91 Å². The van der Waals surface area contributed by atoms with E-state index in [0.717, 1.165) is 37.5 Å². The molecule has 5 heteroatoms. The summed E-state index contributed by atoms with van der Waals surface area (Å²) < 4.78 is 10.6. The van der Waals surface area contributed by atoms with Gasteiger partial charge in [-0.25, -0.2) is 0 Å². The van der Waals surface area contributed by atoms with Gasteiger partial charge in [-0.2, -0.15) is 0 Å². The van der Waals surface area contributed by atoms with E-state index in [9.17, 15) is 4.79 Å². The van der Waals surface area contributed by atoms with Crippen molar-refractivity contribution in [3.63, 3.8) is 0 Å². The molecule has 0 aromatic heterocycles. The van der Waals surface area contributed by atoms with E-state index in [1.165, 1.54) is 11.3 Å². The fraction of sp³-hybridized carbons (Fsp3) is 0.381. The highest BCUT2D eigenvalue weighted by atomic mass is 16.5. The number of carbonyl (C=O) groups is 1. The summed E-state index contributed by atoms with van der Waals surface area (Å²) in [5, 5.41) is 0. The minimum atomic E-state index is 0.136. The lowest BCUT2D eigenvalue weighted by atomic mass is 10.1. The van der Waals surface area contributed by atoms with Crippen LogP contribution in [0.25, 0.3) is 0 Å². The number of hydrogen-bond donors (Lipinski definition) is 0. The molecule has 0 radical (unpaired) electrons. The van der Waals surface area contributed by atoms with E-state index in [1.54, 1.807) is 14.2 Å². The van der Waals surface area contributed by atoms with Crippen molar-refractivity contribution in [3.8, 4) is 11.5 Å². The summed E-state index contributed by atoms with van der Waals surface area (Å²) in [4.78, 5) is 17.0. The fourth-order valence-corrected chi connectivity index (χ4v) is 3.31. The molecule has 0 saturated carbocycles. The van der Waals surface area contributed by atoms with Gasteiger partial charge in [-0.05, 0) is 30.7 Å². The predicted octanol–water partition coefficient (Wildman–Crippen LogP) is 2.90. The van der Waals surface area contributed by atoms with Crippen molar-refractivity contribution in [1.29, 1.82) is 0 Å². The van der Waals surface area contributed by atoms with Gasteiger partial charge in [0.25, 0.3) is 0 Å². The predicted molar refractivity (Wildman–Crippen MR) is 103 cm³/mol. The molecule has 1 aliphatic heterocycles. The second-order valence-corrected chi connectivity index (χ2v) is 6.56. The van der Waals surface area contributed by atoms with E-state index in [2.05, 4.69) is 36.1 Å². The largest absolute Gasteiger partial charge is 0.497 e. The summed E-state index contributed by atoms with van der Waals surface area (Å²) >= 11 is 0. The first-order valence-electron chi connectivity index (χ1n) is 8.91. The average molecular weight is 354 g/mol. The smallest absolute Gasteiger partial charge is 0.227 e. The van der Waals surface area contributed by atoms with Gasteiger partial charge in [0.1, 0.15) is 11.5 Å². The van der Waals surface area contributed by atoms with E-state index in [-0.39, 0.29) is 5.91 Å². The second-order valence-electron chi connectivity index (χ2n) is 6.56. The van der Waals surface area contributed by atoms with Crippen molar-refractivity contribution in [3.05, 3.63) is 53.6 Å². The Balaban J connectivity index is 1.60. The molecule has 1 fully saturated rings. The van der Waals surface area contributed by atoms with Crippen LogP contribution in [0.4, 0.5) is 5.69 Å². The van der Waals surface area contributed by atoms with E-state index in [1.807, 2.05) is 23.1 Å². The van der Waals surface area contributed by atoms with Gasteiger partial charge >= 0.3 is 0 Å². The highest BCUT2D eigenvalue weighted by Crippen LogP contribution is 2.25. The average Bonchev–Trinajstić information content (AvgIpc) is 2.68. The van der Waals surface area contributed by atoms with Crippen LogP contribution in [0, 0.1) is 6.92 Å². The van der Waals surface area contributed by atoms with Crippen LogP contribution in [-0.4, -0.2) is 51.2 Å². The molecule has 0 atom stereocenters. The molecule has 5 nitrogen and oxygen atoms in total. The molecular weight excluding hydrogens is 328 g/mol. The van der Waals surface area contributed by atoms with Crippen molar-refractivity contribution < 1.29 is 14.3 Å². The number of hydrogen-bond acceptors (Lipinski definition) is 4. The standard InChI is InChI=1S/C21H26N2O3/c1-16-5-4-6-18(13-16)22-9-11-23(12-10-22)21(24)14-17-7-8-19(25-2)15-20(17)26-3/h4-8,13,15H,9-12,14H2,1-3H3. The van der Waals surface area contributed by atoms with Crippen LogP contribution in [-0.2, 0) is 11.2 Å². The maximum atomic E-state index is 12.7. The van der Waals surface area contributed by atoms with Crippen LogP contribution in [0.5, 0.6) is 11.5 Å². The maximum absolute atomic E-state index is 12.7. The van der Waals surface area contributed by atoms with E-state index >= 15 is 0 Å². The lowest BCUT2D eigenvalue weighted by Crippen LogP contribution is -2.49. The summed E-state index contributed by atoms with van der Waals surface area (Å²) in [5.41, 5.74) is 3.38. The Morgan fingerprint density at radius 3 is 2.42 bits per heavy atom. The molecular formula is C21H26N2O3. The number of aryl methyl sites for hydroxylation is 1. The van der Waals surface area contributed by atoms with Gasteiger partial charge in [0.05, 0.1) is 20.6 Å². The third-order valence-corrected chi connectivity index (χ3v) is 4.84. The van der Waals surface area contributed by atoms with E-state index in [4.69, 9.17) is 9.47 Å². The maximum Gasteiger partial charge on any atom is 0.227 e. The Morgan fingerprint density at radius 2 is 1.77 bits per heavy atom. The number of nitrogens with zero attached hydrogens (tertiary/aromatic N) is 2. The zero-order valence-corrected chi connectivity index (χ0v) is 15.7. The van der Waals surface area contributed by atoms with Gasteiger partial charge < -0.3 is 19.3 Å². The first kappa shape index (κ1) is 18.1. The number of anilines is 1. The number of methoxy groups -OCH3 is 2. The molecule has 1 saturated heterocycles. The third-order valence-electron chi connectivity index (χ3n) is 4.84. The highest BCUT2D eigenvalue weighted by Gasteiger charge is 2.22. The summed E-state index contributed by atoms with van der Waals surface area (Å²) in [6.07, 6.45) is 0.345. The molecule has 0 N–H and O–H groups in total. The van der Waals surface area contributed by atoms with Crippen molar-refractivity contribution >= 4 is 11.6 Å². The highest BCUT2D eigenvalue weighted by molar-refractivity contribution is 5.80. The van der Waals surface area contributed by atoms with Gasteiger partial charge in [-0.15, -0.1) is 0 Å². The van der Waals surface area contributed by atoms with Crippen molar-refractivity contribution in [1.82, 2.24) is 4.90 Å². The van der Waals surface area contributed by atoms with Gasteiger partial charge in [0, 0.05) is 43.5 Å². The van der Waals surface area contributed by atoms with E-state index in [0.29, 0.717) is 12.2 Å². The summed E-state index contributed by atoms with van der Waals surface area (Å²) in [7, 11) is 3.23. The summed E-state index contributed by atoms with van der Waals surface area (Å²) in [5.74, 6) is 1.55. The van der Waals surface area contributed by atoms with Gasteiger partial charge in [-0.3, -0.25) is 4.79 Å². The van der Waals surface area contributed by atoms with Crippen LogP contribution >= 0.6 is 0 Å². The first-order chi connectivity index (χ1) is 12.6. The lowest BCUT2D eigenvalue weighted by Gasteiger charge is -2.36. The quantitative estimate of drug-likeness (QED) is 0.828. The number of carbonyl (C=O) groups excluding carboxylic acids is 1. The van der Waals surface area contributed by atoms with Crippen LogP contribution in [0.3, 0.4) is 0 Å². The normalized spacial score (nSPS) is 14.3. The topological polar surface area (TPSA) is 42.0 Å². The number of rotatable bonds is 5. The monoisotopic (exact) mass is 354 g/mol. The van der Waals surface area contributed by atoms with Crippen LogP contribution in [0.15, 0.2) is 42.5 Å². The molecule has 1 amide bonds. The minimum absolute atomic E-state index is 0.136. The molecule has 0 bridgehead atoms. The first-order valence-corrected chi connectivity index (χ1v) is 8.91. The summed E-state index contributed by atoms with van der Waals surface area (Å²) in [6, 6.07) is 14.1. The van der Waals surface area contributed by atoms with Crippen LogP contribution < -0.4 is 14.4 Å². The van der Waals surface area contributed by atoms with Crippen LogP contribution in [0.2, 0.25) is 0 Å². The number of benzene rings is 2. The Hall–Kier alpha value is -2.69. The third kappa shape index (κ3) is 4.10. The Labute approximate surface area is 155 Å². The van der Waals surface area contributed by atoms with Crippen molar-refractivity contribution in [2.24, 2.45) is 0 Å². The molecule has 2 aromatic carbocycles. The molecule has 2 aromatic rings. The fourth-order valence-electron chi connectivity index (χ4n) is 3.31. The minimum Gasteiger partial charge on any atom is -0.497 e. The zero-order chi connectivity index (χ0) is 18.5. The molecule has 138 valence electrons. The Bertz CT molecular complexity index is 768. The van der Waals surface area contributed by atoms with Crippen molar-refractivity contribution in [2.45, 2.75) is 13.3 Å². The van der Waals surface area contributed by atoms with E-state index < -0.39 is 0 Å². The molecule has 0 unspecified atom stereocenters. The molecule has 26 heavy (non-hydrogen) atoms. The lowest BCUT2D eigenvalue weighted by molar-refractivity contribution is -0.130. The molecule has 1 heterocycles. The zero-order valence-electron chi connectivity index (χ0n) is 15.7. The number of amides is 1. The SMILES string of the molecule is COc1ccc(CC(=O)N2CCN(c3cccc(C)c3)CC2)c(OC)c1. The van der Waals surface area contributed by atoms with Gasteiger partial charge in [-0.1, -0.05) is 18.2 Å².